The topological polar surface area (TPSA) is 85.9 Å². The molecule has 7 nitrogen and oxygen atoms in total. The molecule has 0 aliphatic carbocycles. The van der Waals surface area contributed by atoms with Crippen LogP contribution in [-0.4, -0.2) is 36.0 Å². The Balaban J connectivity index is 1.69. The van der Waals surface area contributed by atoms with Crippen LogP contribution in [-0.2, 0) is 0 Å². The molecule has 0 aromatic carbocycles. The van der Waals surface area contributed by atoms with Crippen molar-refractivity contribution in [2.45, 2.75) is 18.9 Å². The number of aromatic amines is 1. The van der Waals surface area contributed by atoms with Crippen LogP contribution in [0.4, 0.5) is 0 Å². The van der Waals surface area contributed by atoms with E-state index in [0.717, 1.165) is 36.4 Å². The largest absolute Gasteiger partial charge is 0.306 e. The van der Waals surface area contributed by atoms with E-state index in [1.165, 1.54) is 0 Å². The molecule has 0 saturated carbocycles. The minimum atomic E-state index is 0.0215. The van der Waals surface area contributed by atoms with Crippen molar-refractivity contribution in [1.82, 2.24) is 29.5 Å². The second-order valence-corrected chi connectivity index (χ2v) is 5.11. The molecule has 1 N–H and O–H groups in total. The molecule has 3 aromatic heterocycles. The minimum absolute atomic E-state index is 0.0215. The second kappa shape index (κ2) is 4.59. The molecule has 1 aliphatic rings. The lowest BCUT2D eigenvalue weighted by Gasteiger charge is -2.14. The number of hydrogen-bond donors (Lipinski definition) is 1. The number of imidazole rings is 1. The molecule has 4 heterocycles. The van der Waals surface area contributed by atoms with Crippen molar-refractivity contribution >= 4 is 5.65 Å². The van der Waals surface area contributed by atoms with Crippen molar-refractivity contribution in [3.8, 4) is 17.6 Å². The fraction of sp³-hybridized carbons (Fsp3) is 0.286. The summed E-state index contributed by atoms with van der Waals surface area (Å²) >= 11 is 0. The first-order chi connectivity index (χ1) is 10.3. The highest BCUT2D eigenvalue weighted by Gasteiger charge is 2.28. The Morgan fingerprint density at radius 1 is 1.38 bits per heavy atom. The molecule has 1 fully saturated rings. The summed E-state index contributed by atoms with van der Waals surface area (Å²) < 4.78 is 1.93. The van der Waals surface area contributed by atoms with Crippen molar-refractivity contribution < 1.29 is 0 Å². The van der Waals surface area contributed by atoms with Crippen molar-refractivity contribution in [3.05, 3.63) is 36.5 Å². The van der Waals surface area contributed by atoms with E-state index >= 15 is 0 Å². The van der Waals surface area contributed by atoms with Crippen molar-refractivity contribution in [2.24, 2.45) is 0 Å². The van der Waals surface area contributed by atoms with Crippen LogP contribution in [0.2, 0.25) is 0 Å². The Bertz CT molecular complexity index is 825. The third kappa shape index (κ3) is 1.92. The summed E-state index contributed by atoms with van der Waals surface area (Å²) in [6, 6.07) is 3.90. The fourth-order valence-corrected chi connectivity index (χ4v) is 2.78. The van der Waals surface area contributed by atoms with E-state index in [4.69, 9.17) is 5.26 Å². The van der Waals surface area contributed by atoms with Crippen LogP contribution in [0.5, 0.6) is 0 Å². The molecule has 1 saturated heterocycles. The van der Waals surface area contributed by atoms with Gasteiger partial charge >= 0.3 is 0 Å². The Kier molecular flexibility index (Phi) is 2.60. The molecular weight excluding hydrogens is 266 g/mol. The van der Waals surface area contributed by atoms with Crippen LogP contribution in [0.3, 0.4) is 0 Å². The van der Waals surface area contributed by atoms with Gasteiger partial charge < -0.3 is 4.40 Å². The van der Waals surface area contributed by atoms with E-state index in [-0.39, 0.29) is 6.04 Å². The predicted molar refractivity (Wildman–Crippen MR) is 74.9 cm³/mol. The lowest BCUT2D eigenvalue weighted by Crippen LogP contribution is -2.18. The van der Waals surface area contributed by atoms with Gasteiger partial charge in [-0.25, -0.2) is 9.97 Å². The molecule has 0 amide bonds. The summed E-state index contributed by atoms with van der Waals surface area (Å²) in [6.07, 6.45) is 9.75. The van der Waals surface area contributed by atoms with Crippen LogP contribution in [0.1, 0.15) is 24.7 Å². The number of rotatable bonds is 2. The maximum absolute atomic E-state index is 9.12. The third-order valence-corrected chi connectivity index (χ3v) is 3.85. The molecule has 21 heavy (non-hydrogen) atoms. The fourth-order valence-electron chi connectivity index (χ4n) is 2.78. The SMILES string of the molecule is N#CN1CCCC1c1nc(-c2ccc3nccn3c2)n[nH]1. The number of hydrogen-bond acceptors (Lipinski definition) is 5. The van der Waals surface area contributed by atoms with Gasteiger partial charge in [-0.3, -0.25) is 10.00 Å². The Labute approximate surface area is 120 Å². The Morgan fingerprint density at radius 3 is 3.24 bits per heavy atom. The molecule has 1 atom stereocenters. The normalized spacial score (nSPS) is 18.2. The lowest BCUT2D eigenvalue weighted by molar-refractivity contribution is 0.360. The number of nitrogens with one attached hydrogen (secondary N) is 1. The molecule has 3 aromatic rings. The molecule has 1 unspecified atom stereocenters. The van der Waals surface area contributed by atoms with Gasteiger partial charge in [0.2, 0.25) is 0 Å². The monoisotopic (exact) mass is 279 g/mol. The first-order valence-electron chi connectivity index (χ1n) is 6.87. The zero-order chi connectivity index (χ0) is 14.2. The summed E-state index contributed by atoms with van der Waals surface area (Å²) in [6.45, 7) is 0.790. The molecular formula is C14H13N7. The third-order valence-electron chi connectivity index (χ3n) is 3.85. The highest BCUT2D eigenvalue weighted by atomic mass is 15.3. The molecule has 1 aliphatic heterocycles. The highest BCUT2D eigenvalue weighted by molar-refractivity contribution is 5.57. The zero-order valence-corrected chi connectivity index (χ0v) is 11.3. The summed E-state index contributed by atoms with van der Waals surface area (Å²) in [5, 5.41) is 16.4. The lowest BCUT2D eigenvalue weighted by atomic mass is 10.2. The van der Waals surface area contributed by atoms with Gasteiger partial charge in [-0.1, -0.05) is 0 Å². The number of H-pyrrole nitrogens is 1. The van der Waals surface area contributed by atoms with Crippen LogP contribution in [0.25, 0.3) is 17.0 Å². The van der Waals surface area contributed by atoms with Gasteiger partial charge in [-0.2, -0.15) is 10.4 Å². The average molecular weight is 279 g/mol. The van der Waals surface area contributed by atoms with Crippen LogP contribution in [0, 0.1) is 11.5 Å². The standard InChI is InChI=1S/C14H13N7/c15-9-21-6-1-2-11(21)14-17-13(18-19-14)10-3-4-12-16-5-7-20(12)8-10/h3-5,7-8,11H,1-2,6H2,(H,17,18,19). The zero-order valence-electron chi connectivity index (χ0n) is 11.3. The van der Waals surface area contributed by atoms with E-state index < -0.39 is 0 Å². The van der Waals surface area contributed by atoms with Crippen molar-refractivity contribution in [1.29, 1.82) is 5.26 Å². The molecule has 0 bridgehead atoms. The Morgan fingerprint density at radius 2 is 2.33 bits per heavy atom. The Hall–Kier alpha value is -2.88. The second-order valence-electron chi connectivity index (χ2n) is 5.11. The summed E-state index contributed by atoms with van der Waals surface area (Å²) in [5.41, 5.74) is 1.81. The molecule has 0 radical (unpaired) electrons. The molecule has 0 spiro atoms. The van der Waals surface area contributed by atoms with Gasteiger partial charge in [0.15, 0.2) is 12.0 Å². The van der Waals surface area contributed by atoms with Crippen LogP contribution >= 0.6 is 0 Å². The van der Waals surface area contributed by atoms with E-state index in [0.29, 0.717) is 5.82 Å². The maximum atomic E-state index is 9.12. The van der Waals surface area contributed by atoms with E-state index in [1.807, 2.05) is 28.9 Å². The van der Waals surface area contributed by atoms with Gasteiger partial charge in [0.25, 0.3) is 0 Å². The number of aromatic nitrogens is 5. The van der Waals surface area contributed by atoms with E-state index in [9.17, 15) is 0 Å². The number of pyridine rings is 1. The number of nitriles is 1. The molecule has 7 heteroatoms. The predicted octanol–water partition coefficient (Wildman–Crippen LogP) is 1.74. The van der Waals surface area contributed by atoms with Crippen molar-refractivity contribution in [2.75, 3.05) is 6.54 Å². The number of fused-ring (bicyclic) bond motifs is 1. The smallest absolute Gasteiger partial charge is 0.182 e. The van der Waals surface area contributed by atoms with Gasteiger partial charge in [-0.05, 0) is 25.0 Å². The summed E-state index contributed by atoms with van der Waals surface area (Å²) in [4.78, 5) is 10.5. The van der Waals surface area contributed by atoms with Crippen LogP contribution in [0.15, 0.2) is 30.7 Å². The first-order valence-corrected chi connectivity index (χ1v) is 6.87. The van der Waals surface area contributed by atoms with Crippen molar-refractivity contribution in [3.63, 3.8) is 0 Å². The van der Waals surface area contributed by atoms with Gasteiger partial charge in [0.05, 0.1) is 6.04 Å². The van der Waals surface area contributed by atoms with E-state index in [2.05, 4.69) is 26.4 Å². The average Bonchev–Trinajstić information content (AvgIpc) is 3.24. The number of nitrogens with zero attached hydrogens (tertiary/aromatic N) is 6. The summed E-state index contributed by atoms with van der Waals surface area (Å²) in [7, 11) is 0. The number of likely N-dealkylation sites (tertiary alicyclic amines) is 1. The quantitative estimate of drug-likeness (QED) is 0.722. The van der Waals surface area contributed by atoms with E-state index in [1.54, 1.807) is 11.1 Å². The van der Waals surface area contributed by atoms with Gasteiger partial charge in [0.1, 0.15) is 11.5 Å². The molecule has 104 valence electrons. The van der Waals surface area contributed by atoms with Gasteiger partial charge in [0, 0.05) is 30.7 Å². The van der Waals surface area contributed by atoms with Crippen LogP contribution < -0.4 is 0 Å². The summed E-state index contributed by atoms with van der Waals surface area (Å²) in [5.74, 6) is 1.40. The van der Waals surface area contributed by atoms with Gasteiger partial charge in [-0.15, -0.1) is 0 Å². The minimum Gasteiger partial charge on any atom is -0.306 e. The maximum Gasteiger partial charge on any atom is 0.182 e. The molecule has 4 rings (SSSR count). The highest BCUT2D eigenvalue weighted by Crippen LogP contribution is 2.29. The first kappa shape index (κ1) is 11.9.